The second kappa shape index (κ2) is 7.97. The summed E-state index contributed by atoms with van der Waals surface area (Å²) in [6, 6.07) is 7.17. The largest absolute Gasteiger partial charge is 0.495 e. The number of carbonyl (C=O) groups is 2. The summed E-state index contributed by atoms with van der Waals surface area (Å²) in [5.74, 6) is 0.605. The molecule has 0 aromatic heterocycles. The highest BCUT2D eigenvalue weighted by Crippen LogP contribution is 2.23. The van der Waals surface area contributed by atoms with Crippen LogP contribution in [0.4, 0.5) is 10.5 Å². The number of carbonyl (C=O) groups excluding carboxylic acids is 1. The highest BCUT2D eigenvalue weighted by Gasteiger charge is 2.17. The minimum atomic E-state index is -0.508. The topological polar surface area (TPSA) is 84.9 Å². The molecule has 6 nitrogen and oxygen atoms in total. The lowest BCUT2D eigenvalue weighted by molar-refractivity contribution is -0.122. The lowest BCUT2D eigenvalue weighted by Gasteiger charge is -2.20. The molecule has 6 heteroatoms. The summed E-state index contributed by atoms with van der Waals surface area (Å²) in [5, 5.41) is 9.52. The zero-order chi connectivity index (χ0) is 14.9. The van der Waals surface area contributed by atoms with Crippen LogP contribution in [0.1, 0.15) is 20.8 Å². The highest BCUT2D eigenvalue weighted by molar-refractivity contribution is 5.86. The molecule has 2 N–H and O–H groups in total. The Labute approximate surface area is 112 Å². The van der Waals surface area contributed by atoms with Crippen molar-refractivity contribution in [3.05, 3.63) is 24.3 Å². The van der Waals surface area contributed by atoms with E-state index in [0.717, 1.165) is 0 Å². The van der Waals surface area contributed by atoms with Gasteiger partial charge in [0.05, 0.1) is 12.8 Å². The molecule has 0 aliphatic rings. The lowest BCUT2D eigenvalue weighted by atomic mass is 10.2. The lowest BCUT2D eigenvalue weighted by Crippen LogP contribution is -2.27. The number of anilines is 1. The van der Waals surface area contributed by atoms with E-state index in [-0.39, 0.29) is 6.47 Å². The maximum Gasteiger partial charge on any atom is 0.412 e. The van der Waals surface area contributed by atoms with Crippen molar-refractivity contribution in [2.75, 3.05) is 12.4 Å². The molecule has 0 aliphatic heterocycles. The second-order valence-corrected chi connectivity index (χ2v) is 4.43. The number of methoxy groups -OCH3 is 1. The van der Waals surface area contributed by atoms with Crippen LogP contribution in [0, 0.1) is 0 Å². The Morgan fingerprint density at radius 1 is 1.32 bits per heavy atom. The Balaban J connectivity index is 0.000000982. The quantitative estimate of drug-likeness (QED) is 0.806. The van der Waals surface area contributed by atoms with Crippen LogP contribution in [0.25, 0.3) is 0 Å². The molecule has 0 unspecified atom stereocenters. The third-order valence-electron chi connectivity index (χ3n) is 1.74. The summed E-state index contributed by atoms with van der Waals surface area (Å²) in [7, 11) is 1.55. The maximum absolute atomic E-state index is 11.5. The van der Waals surface area contributed by atoms with Crippen molar-refractivity contribution in [3.63, 3.8) is 0 Å². The maximum atomic E-state index is 11.5. The molecule has 0 fully saturated rings. The van der Waals surface area contributed by atoms with Crippen molar-refractivity contribution >= 4 is 18.3 Å². The average molecular weight is 269 g/mol. The Morgan fingerprint density at radius 3 is 2.32 bits per heavy atom. The van der Waals surface area contributed by atoms with Gasteiger partial charge in [0.1, 0.15) is 11.4 Å². The number of carboxylic acid groups (broad SMARTS) is 1. The number of ether oxygens (including phenoxy) is 2. The molecule has 1 amide bonds. The van der Waals surface area contributed by atoms with Gasteiger partial charge in [0.2, 0.25) is 0 Å². The number of para-hydroxylation sites is 2. The summed E-state index contributed by atoms with van der Waals surface area (Å²) in [4.78, 5) is 19.9. The first kappa shape index (κ1) is 16.8. The molecule has 0 saturated heterocycles. The van der Waals surface area contributed by atoms with Crippen LogP contribution in [-0.4, -0.2) is 30.4 Å². The fourth-order valence-electron chi connectivity index (χ4n) is 1.16. The van der Waals surface area contributed by atoms with Crippen molar-refractivity contribution in [2.45, 2.75) is 26.4 Å². The standard InChI is InChI=1S/C12H17NO3.CH2O2/c1-12(2,3)16-11(14)13-9-7-5-6-8-10(9)15-4;2-1-3/h5-8H,1-4H3,(H,13,14);1H,(H,2,3). The normalized spacial score (nSPS) is 9.68. The number of hydrogen-bond acceptors (Lipinski definition) is 4. The Hall–Kier alpha value is -2.24. The van der Waals surface area contributed by atoms with Crippen LogP contribution in [0.3, 0.4) is 0 Å². The van der Waals surface area contributed by atoms with Gasteiger partial charge in [-0.2, -0.15) is 0 Å². The first-order chi connectivity index (χ1) is 8.84. The third kappa shape index (κ3) is 7.64. The number of rotatable bonds is 2. The minimum absolute atomic E-state index is 0.250. The van der Waals surface area contributed by atoms with E-state index in [1.165, 1.54) is 0 Å². The molecule has 0 aliphatic carbocycles. The highest BCUT2D eigenvalue weighted by atomic mass is 16.6. The molecule has 1 rings (SSSR count). The molecule has 0 bridgehead atoms. The summed E-state index contributed by atoms with van der Waals surface area (Å²) in [5.41, 5.74) is 0.0887. The molecule has 0 heterocycles. The van der Waals surface area contributed by atoms with Gasteiger partial charge >= 0.3 is 6.09 Å². The number of amides is 1. The molecule has 19 heavy (non-hydrogen) atoms. The molecule has 106 valence electrons. The van der Waals surface area contributed by atoms with Gasteiger partial charge in [-0.05, 0) is 32.9 Å². The summed E-state index contributed by atoms with van der Waals surface area (Å²) in [6.07, 6.45) is -0.489. The molecule has 0 saturated carbocycles. The monoisotopic (exact) mass is 269 g/mol. The zero-order valence-corrected chi connectivity index (χ0v) is 11.5. The molecule has 1 aromatic rings. The van der Waals surface area contributed by atoms with Gasteiger partial charge in [0.15, 0.2) is 0 Å². The summed E-state index contributed by atoms with van der Waals surface area (Å²) < 4.78 is 10.2. The van der Waals surface area contributed by atoms with Crippen molar-refractivity contribution in [1.82, 2.24) is 0 Å². The van der Waals surface area contributed by atoms with Gasteiger partial charge in [-0.25, -0.2) is 4.79 Å². The van der Waals surface area contributed by atoms with E-state index in [0.29, 0.717) is 11.4 Å². The predicted molar refractivity (Wildman–Crippen MR) is 71.5 cm³/mol. The van der Waals surface area contributed by atoms with Crippen molar-refractivity contribution in [3.8, 4) is 5.75 Å². The first-order valence-electron chi connectivity index (χ1n) is 5.55. The predicted octanol–water partition coefficient (Wildman–Crippen LogP) is 2.74. The fourth-order valence-corrected chi connectivity index (χ4v) is 1.16. The number of hydrogen-bond donors (Lipinski definition) is 2. The third-order valence-corrected chi connectivity index (χ3v) is 1.74. The number of benzene rings is 1. The van der Waals surface area contributed by atoms with Crippen LogP contribution >= 0.6 is 0 Å². The van der Waals surface area contributed by atoms with E-state index in [1.807, 2.05) is 32.9 Å². The van der Waals surface area contributed by atoms with E-state index in [4.69, 9.17) is 19.4 Å². The van der Waals surface area contributed by atoms with Gasteiger partial charge in [-0.1, -0.05) is 12.1 Å². The van der Waals surface area contributed by atoms with E-state index < -0.39 is 11.7 Å². The van der Waals surface area contributed by atoms with Crippen LogP contribution in [0.5, 0.6) is 5.75 Å². The fraction of sp³-hybridized carbons (Fsp3) is 0.385. The van der Waals surface area contributed by atoms with Gasteiger partial charge in [-0.15, -0.1) is 0 Å². The Bertz CT molecular complexity index is 412. The SMILES string of the molecule is COc1ccccc1NC(=O)OC(C)(C)C.O=CO. The van der Waals surface area contributed by atoms with Crippen molar-refractivity contribution in [2.24, 2.45) is 0 Å². The van der Waals surface area contributed by atoms with Gasteiger partial charge in [-0.3, -0.25) is 10.1 Å². The van der Waals surface area contributed by atoms with Gasteiger partial charge < -0.3 is 14.6 Å². The van der Waals surface area contributed by atoms with Gasteiger partial charge in [0, 0.05) is 0 Å². The zero-order valence-electron chi connectivity index (χ0n) is 11.5. The Morgan fingerprint density at radius 2 is 1.84 bits per heavy atom. The van der Waals surface area contributed by atoms with Crippen LogP contribution in [-0.2, 0) is 9.53 Å². The Kier molecular flexibility index (Phi) is 7.03. The van der Waals surface area contributed by atoms with Crippen LogP contribution in [0.2, 0.25) is 0 Å². The first-order valence-corrected chi connectivity index (χ1v) is 5.55. The van der Waals surface area contributed by atoms with Crippen molar-refractivity contribution in [1.29, 1.82) is 0 Å². The van der Waals surface area contributed by atoms with Crippen LogP contribution in [0.15, 0.2) is 24.3 Å². The van der Waals surface area contributed by atoms with E-state index in [1.54, 1.807) is 19.2 Å². The molecular weight excluding hydrogens is 250 g/mol. The molecule has 0 atom stereocenters. The average Bonchev–Trinajstić information content (AvgIpc) is 2.28. The van der Waals surface area contributed by atoms with Gasteiger partial charge in [0.25, 0.3) is 6.47 Å². The number of nitrogens with one attached hydrogen (secondary N) is 1. The summed E-state index contributed by atoms with van der Waals surface area (Å²) in [6.45, 7) is 5.19. The minimum Gasteiger partial charge on any atom is -0.495 e. The van der Waals surface area contributed by atoms with E-state index >= 15 is 0 Å². The molecular formula is C13H19NO5. The summed E-state index contributed by atoms with van der Waals surface area (Å²) >= 11 is 0. The smallest absolute Gasteiger partial charge is 0.412 e. The van der Waals surface area contributed by atoms with E-state index in [9.17, 15) is 4.79 Å². The van der Waals surface area contributed by atoms with Crippen LogP contribution < -0.4 is 10.1 Å². The van der Waals surface area contributed by atoms with Crippen molar-refractivity contribution < 1.29 is 24.2 Å². The molecule has 1 aromatic carbocycles. The molecule has 0 radical (unpaired) electrons. The molecule has 0 spiro atoms. The van der Waals surface area contributed by atoms with E-state index in [2.05, 4.69) is 5.32 Å². The second-order valence-electron chi connectivity index (χ2n) is 4.43.